The highest BCUT2D eigenvalue weighted by molar-refractivity contribution is 5.92. The van der Waals surface area contributed by atoms with Gasteiger partial charge in [0.05, 0.1) is 11.9 Å². The molecule has 0 N–H and O–H groups in total. The second-order valence-electron chi connectivity index (χ2n) is 7.00. The summed E-state index contributed by atoms with van der Waals surface area (Å²) in [4.78, 5) is 21.0. The summed E-state index contributed by atoms with van der Waals surface area (Å²) >= 11 is 0. The first-order valence-electron chi connectivity index (χ1n) is 9.75. The second kappa shape index (κ2) is 8.84. The topological polar surface area (TPSA) is 36.4 Å². The summed E-state index contributed by atoms with van der Waals surface area (Å²) in [6.07, 6.45) is 5.43. The lowest BCUT2D eigenvalue weighted by Crippen LogP contribution is -2.34. The molecule has 0 unspecified atom stereocenters. The molecule has 3 rings (SSSR count). The van der Waals surface area contributed by atoms with Crippen molar-refractivity contribution in [1.82, 2.24) is 9.88 Å². The van der Waals surface area contributed by atoms with E-state index < -0.39 is 0 Å². The number of nitrogens with zero attached hydrogens (tertiary/aromatic N) is 3. The Balaban J connectivity index is 1.55. The molecular formula is C22H29N3O. The predicted molar refractivity (Wildman–Crippen MR) is 107 cm³/mol. The monoisotopic (exact) mass is 351 g/mol. The maximum absolute atomic E-state index is 12.4. The SMILES string of the molecule is CCN(CC)C(=O)c1ccc(N2CCC(Cc3ccccc3)CC2)cn1. The van der Waals surface area contributed by atoms with E-state index in [-0.39, 0.29) is 5.91 Å². The third kappa shape index (κ3) is 4.43. The van der Waals surface area contributed by atoms with Crippen LogP contribution in [0.3, 0.4) is 0 Å². The van der Waals surface area contributed by atoms with Crippen LogP contribution in [0.1, 0.15) is 42.7 Å². The van der Waals surface area contributed by atoms with Gasteiger partial charge in [0.15, 0.2) is 0 Å². The number of carbonyl (C=O) groups is 1. The second-order valence-corrected chi connectivity index (χ2v) is 7.00. The average Bonchev–Trinajstić information content (AvgIpc) is 2.70. The lowest BCUT2D eigenvalue weighted by Gasteiger charge is -2.33. The van der Waals surface area contributed by atoms with Crippen LogP contribution < -0.4 is 4.90 Å². The minimum Gasteiger partial charge on any atom is -0.370 e. The Labute approximate surface area is 156 Å². The molecule has 0 atom stereocenters. The lowest BCUT2D eigenvalue weighted by molar-refractivity contribution is 0.0767. The zero-order chi connectivity index (χ0) is 18.4. The first-order valence-corrected chi connectivity index (χ1v) is 9.75. The number of amides is 1. The molecule has 26 heavy (non-hydrogen) atoms. The minimum absolute atomic E-state index is 0.0168. The van der Waals surface area contributed by atoms with E-state index in [9.17, 15) is 4.79 Å². The van der Waals surface area contributed by atoms with Gasteiger partial charge in [0.1, 0.15) is 5.69 Å². The van der Waals surface area contributed by atoms with Crippen molar-refractivity contribution in [3.8, 4) is 0 Å². The van der Waals surface area contributed by atoms with E-state index >= 15 is 0 Å². The highest BCUT2D eigenvalue weighted by atomic mass is 16.2. The number of aromatic nitrogens is 1. The maximum atomic E-state index is 12.4. The third-order valence-electron chi connectivity index (χ3n) is 5.36. The van der Waals surface area contributed by atoms with Crippen molar-refractivity contribution in [3.05, 3.63) is 59.9 Å². The summed E-state index contributed by atoms with van der Waals surface area (Å²) in [5.41, 5.74) is 3.10. The molecule has 1 fully saturated rings. The number of rotatable bonds is 6. The van der Waals surface area contributed by atoms with Crippen LogP contribution in [0.5, 0.6) is 0 Å². The molecule has 1 aromatic carbocycles. The number of carbonyl (C=O) groups excluding carboxylic acids is 1. The molecule has 138 valence electrons. The van der Waals surface area contributed by atoms with Gasteiger partial charge >= 0.3 is 0 Å². The first kappa shape index (κ1) is 18.4. The van der Waals surface area contributed by atoms with Gasteiger partial charge in [0.2, 0.25) is 0 Å². The molecule has 4 nitrogen and oxygen atoms in total. The number of pyridine rings is 1. The molecule has 1 saturated heterocycles. The van der Waals surface area contributed by atoms with Crippen LogP contribution in [0.4, 0.5) is 5.69 Å². The molecule has 1 aromatic heterocycles. The van der Waals surface area contributed by atoms with E-state index in [0.717, 1.165) is 24.7 Å². The number of piperidine rings is 1. The number of hydrogen-bond donors (Lipinski definition) is 0. The van der Waals surface area contributed by atoms with E-state index in [0.29, 0.717) is 18.8 Å². The van der Waals surface area contributed by atoms with Gasteiger partial charge in [-0.05, 0) is 56.7 Å². The van der Waals surface area contributed by atoms with Crippen molar-refractivity contribution < 1.29 is 4.79 Å². The van der Waals surface area contributed by atoms with E-state index in [1.807, 2.05) is 32.2 Å². The molecule has 4 heteroatoms. The summed E-state index contributed by atoms with van der Waals surface area (Å²) in [6.45, 7) is 7.54. The number of benzene rings is 1. The van der Waals surface area contributed by atoms with Crippen molar-refractivity contribution in [1.29, 1.82) is 0 Å². The van der Waals surface area contributed by atoms with Gasteiger partial charge in [0, 0.05) is 26.2 Å². The van der Waals surface area contributed by atoms with Crippen molar-refractivity contribution in [2.24, 2.45) is 5.92 Å². The normalized spacial score (nSPS) is 15.1. The van der Waals surface area contributed by atoms with Gasteiger partial charge < -0.3 is 9.80 Å². The third-order valence-corrected chi connectivity index (χ3v) is 5.36. The fourth-order valence-electron chi connectivity index (χ4n) is 3.72. The first-order chi connectivity index (χ1) is 12.7. The number of hydrogen-bond acceptors (Lipinski definition) is 3. The molecular weight excluding hydrogens is 322 g/mol. The minimum atomic E-state index is 0.0168. The molecule has 1 aliphatic rings. The molecule has 2 heterocycles. The molecule has 1 amide bonds. The van der Waals surface area contributed by atoms with Crippen LogP contribution in [-0.2, 0) is 6.42 Å². The zero-order valence-corrected chi connectivity index (χ0v) is 15.9. The van der Waals surface area contributed by atoms with Crippen LogP contribution in [0, 0.1) is 5.92 Å². The van der Waals surface area contributed by atoms with E-state index in [4.69, 9.17) is 0 Å². The van der Waals surface area contributed by atoms with Crippen molar-refractivity contribution in [2.45, 2.75) is 33.1 Å². The molecule has 0 bridgehead atoms. The Bertz CT molecular complexity index is 687. The molecule has 2 aromatic rings. The zero-order valence-electron chi connectivity index (χ0n) is 15.9. The Hall–Kier alpha value is -2.36. The van der Waals surface area contributed by atoms with Crippen LogP contribution in [-0.4, -0.2) is 42.0 Å². The highest BCUT2D eigenvalue weighted by Gasteiger charge is 2.20. The van der Waals surface area contributed by atoms with Gasteiger partial charge in [-0.15, -0.1) is 0 Å². The highest BCUT2D eigenvalue weighted by Crippen LogP contribution is 2.25. The quantitative estimate of drug-likeness (QED) is 0.788. The largest absolute Gasteiger partial charge is 0.370 e. The molecule has 1 aliphatic heterocycles. The summed E-state index contributed by atoms with van der Waals surface area (Å²) in [5, 5.41) is 0. The van der Waals surface area contributed by atoms with Crippen molar-refractivity contribution >= 4 is 11.6 Å². The van der Waals surface area contributed by atoms with E-state index in [1.54, 1.807) is 4.90 Å². The predicted octanol–water partition coefficient (Wildman–Crippen LogP) is 4.02. The number of anilines is 1. The van der Waals surface area contributed by atoms with Crippen molar-refractivity contribution in [3.63, 3.8) is 0 Å². The Morgan fingerprint density at radius 3 is 2.35 bits per heavy atom. The van der Waals surface area contributed by atoms with Gasteiger partial charge in [-0.1, -0.05) is 30.3 Å². The van der Waals surface area contributed by atoms with E-state index in [1.165, 1.54) is 24.8 Å². The fourth-order valence-corrected chi connectivity index (χ4v) is 3.72. The van der Waals surface area contributed by atoms with Crippen LogP contribution in [0.25, 0.3) is 0 Å². The Kier molecular flexibility index (Phi) is 6.26. The van der Waals surface area contributed by atoms with Gasteiger partial charge in [-0.2, -0.15) is 0 Å². The van der Waals surface area contributed by atoms with Crippen LogP contribution in [0.15, 0.2) is 48.7 Å². The Morgan fingerprint density at radius 2 is 1.77 bits per heavy atom. The summed E-state index contributed by atoms with van der Waals surface area (Å²) in [5.74, 6) is 0.772. The fraction of sp³-hybridized carbons (Fsp3) is 0.455. The molecule has 0 saturated carbocycles. The van der Waals surface area contributed by atoms with E-state index in [2.05, 4.69) is 40.2 Å². The van der Waals surface area contributed by atoms with Gasteiger partial charge in [-0.3, -0.25) is 4.79 Å². The molecule has 0 radical (unpaired) electrons. The smallest absolute Gasteiger partial charge is 0.272 e. The van der Waals surface area contributed by atoms with Gasteiger partial charge in [0.25, 0.3) is 5.91 Å². The van der Waals surface area contributed by atoms with Crippen LogP contribution in [0.2, 0.25) is 0 Å². The standard InChI is InChI=1S/C22H29N3O/c1-3-24(4-2)22(26)21-11-10-20(17-23-21)25-14-12-19(13-15-25)16-18-8-6-5-7-9-18/h5-11,17,19H,3-4,12-16H2,1-2H3. The summed E-state index contributed by atoms with van der Waals surface area (Å²) in [7, 11) is 0. The molecule has 0 aliphatic carbocycles. The van der Waals surface area contributed by atoms with Gasteiger partial charge in [-0.25, -0.2) is 4.98 Å². The maximum Gasteiger partial charge on any atom is 0.272 e. The summed E-state index contributed by atoms with van der Waals surface area (Å²) < 4.78 is 0. The Morgan fingerprint density at radius 1 is 1.08 bits per heavy atom. The van der Waals surface area contributed by atoms with Crippen molar-refractivity contribution in [2.75, 3.05) is 31.1 Å². The van der Waals surface area contributed by atoms with Crippen LogP contribution >= 0.6 is 0 Å². The lowest BCUT2D eigenvalue weighted by atomic mass is 9.90. The molecule has 0 spiro atoms. The summed E-state index contributed by atoms with van der Waals surface area (Å²) in [6, 6.07) is 14.7. The average molecular weight is 351 g/mol.